The first-order valence-corrected chi connectivity index (χ1v) is 16.2. The van der Waals surface area contributed by atoms with E-state index in [9.17, 15) is 14.3 Å². The zero-order valence-electron chi connectivity index (χ0n) is 26.8. The van der Waals surface area contributed by atoms with E-state index in [2.05, 4.69) is 24.1 Å². The summed E-state index contributed by atoms with van der Waals surface area (Å²) < 4.78 is 47.5. The Morgan fingerprint density at radius 1 is 1.00 bits per heavy atom. The van der Waals surface area contributed by atoms with Gasteiger partial charge in [-0.1, -0.05) is 44.2 Å². The van der Waals surface area contributed by atoms with Crippen molar-refractivity contribution in [2.24, 2.45) is 11.8 Å². The van der Waals surface area contributed by atoms with Gasteiger partial charge in [0, 0.05) is 19.6 Å². The molecule has 3 aromatic carbocycles. The van der Waals surface area contributed by atoms with Crippen molar-refractivity contribution in [1.82, 2.24) is 10.2 Å². The van der Waals surface area contributed by atoms with Crippen LogP contribution in [0.1, 0.15) is 37.0 Å². The molecule has 0 bridgehead atoms. The molecule has 2 fully saturated rings. The van der Waals surface area contributed by atoms with E-state index in [1.807, 2.05) is 42.5 Å². The van der Waals surface area contributed by atoms with Crippen LogP contribution in [0.2, 0.25) is 0 Å². The van der Waals surface area contributed by atoms with Crippen molar-refractivity contribution in [2.45, 2.75) is 64.4 Å². The SMILES string of the molecule is CC(C)CN(Cc1ccc2c(c1)OCO2)C[C@@H](O)[C@H](Cc1ccc(OCc2cccc(F)c2)cc1)NC(=O)O[C@H]1CO[C@H]2OCC[C@H]21. The second kappa shape index (κ2) is 15.3. The third-order valence-electron chi connectivity index (χ3n) is 8.60. The van der Waals surface area contributed by atoms with Crippen LogP contribution in [0.4, 0.5) is 9.18 Å². The van der Waals surface area contributed by atoms with Crippen molar-refractivity contribution in [2.75, 3.05) is 33.1 Å². The molecule has 0 unspecified atom stereocenters. The number of carbonyl (C=O) groups is 1. The number of rotatable bonds is 14. The number of ether oxygens (including phenoxy) is 6. The summed E-state index contributed by atoms with van der Waals surface area (Å²) in [5.41, 5.74) is 2.66. The van der Waals surface area contributed by atoms with Crippen LogP contribution in [0.3, 0.4) is 0 Å². The fraction of sp³-hybridized carbons (Fsp3) is 0.472. The first kappa shape index (κ1) is 33.0. The predicted octanol–water partition coefficient (Wildman–Crippen LogP) is 5.05. The highest BCUT2D eigenvalue weighted by atomic mass is 19.1. The molecule has 3 aliphatic heterocycles. The van der Waals surface area contributed by atoms with Gasteiger partial charge in [0.05, 0.1) is 31.3 Å². The van der Waals surface area contributed by atoms with E-state index in [4.69, 9.17) is 28.4 Å². The van der Waals surface area contributed by atoms with Gasteiger partial charge in [-0.2, -0.15) is 0 Å². The maximum atomic E-state index is 13.6. The number of hydrogen-bond acceptors (Lipinski definition) is 9. The molecule has 3 aromatic rings. The van der Waals surface area contributed by atoms with Gasteiger partial charge in [0.2, 0.25) is 6.79 Å². The minimum Gasteiger partial charge on any atom is -0.489 e. The Hall–Kier alpha value is -3.90. The van der Waals surface area contributed by atoms with E-state index in [-0.39, 0.29) is 38.0 Å². The van der Waals surface area contributed by atoms with E-state index < -0.39 is 24.3 Å². The maximum Gasteiger partial charge on any atom is 0.407 e. The molecule has 0 aliphatic carbocycles. The van der Waals surface area contributed by atoms with E-state index in [0.29, 0.717) is 43.5 Å². The molecule has 10 nitrogen and oxygen atoms in total. The monoisotopic (exact) mass is 650 g/mol. The number of aliphatic hydroxyl groups is 1. The second-order valence-electron chi connectivity index (χ2n) is 12.8. The van der Waals surface area contributed by atoms with E-state index in [1.54, 1.807) is 12.1 Å². The lowest BCUT2D eigenvalue weighted by Gasteiger charge is -2.31. The highest BCUT2D eigenvalue weighted by molar-refractivity contribution is 5.68. The molecule has 3 heterocycles. The summed E-state index contributed by atoms with van der Waals surface area (Å²) in [5.74, 6) is 2.11. The molecule has 47 heavy (non-hydrogen) atoms. The average molecular weight is 651 g/mol. The van der Waals surface area contributed by atoms with Crippen LogP contribution in [0.15, 0.2) is 66.7 Å². The molecule has 1 amide bonds. The quantitative estimate of drug-likeness (QED) is 0.248. The maximum absolute atomic E-state index is 13.6. The van der Waals surface area contributed by atoms with Gasteiger partial charge in [-0.15, -0.1) is 0 Å². The number of hydrogen-bond donors (Lipinski definition) is 2. The van der Waals surface area contributed by atoms with Crippen molar-refractivity contribution < 1.29 is 42.7 Å². The molecule has 3 aliphatic rings. The molecule has 252 valence electrons. The highest BCUT2D eigenvalue weighted by Gasteiger charge is 2.44. The molecule has 0 saturated carbocycles. The van der Waals surface area contributed by atoms with Crippen LogP contribution in [-0.2, 0) is 33.8 Å². The minimum absolute atomic E-state index is 0.00674. The van der Waals surface area contributed by atoms with E-state index in [1.165, 1.54) is 12.1 Å². The van der Waals surface area contributed by atoms with Crippen molar-refractivity contribution in [3.8, 4) is 17.2 Å². The lowest BCUT2D eigenvalue weighted by atomic mass is 10.00. The standard InChI is InChI=1S/C36H43FN2O8/c1-23(2)17-39(18-25-8-11-32-33(16-25)46-22-45-32)19-31(40)30(38-36(41)47-34-21-44-35-29(34)12-13-42-35)15-24-6-9-28(10-7-24)43-20-26-4-3-5-27(37)14-26/h3-11,14,16,23,29-31,34-35,40H,12-13,15,17-22H2,1-2H3,(H,38,41)/t29-,30-,31+,34-,35+/m0/s1. The van der Waals surface area contributed by atoms with Crippen LogP contribution in [0.5, 0.6) is 17.2 Å². The van der Waals surface area contributed by atoms with Crippen LogP contribution in [0.25, 0.3) is 0 Å². The predicted molar refractivity (Wildman–Crippen MR) is 171 cm³/mol. The normalized spacial score (nSPS) is 21.1. The molecule has 2 N–H and O–H groups in total. The number of halogens is 1. The Morgan fingerprint density at radius 2 is 1.81 bits per heavy atom. The average Bonchev–Trinajstić information content (AvgIpc) is 3.79. The fourth-order valence-electron chi connectivity index (χ4n) is 6.33. The molecule has 5 atom stereocenters. The minimum atomic E-state index is -0.915. The largest absolute Gasteiger partial charge is 0.489 e. The Labute approximate surface area is 274 Å². The number of fused-ring (bicyclic) bond motifs is 2. The zero-order chi connectivity index (χ0) is 32.8. The number of alkyl carbamates (subject to hydrolysis) is 1. The molecular formula is C36H43FN2O8. The lowest BCUT2D eigenvalue weighted by Crippen LogP contribution is -2.50. The van der Waals surface area contributed by atoms with Crippen LogP contribution < -0.4 is 19.5 Å². The molecule has 11 heteroatoms. The van der Waals surface area contributed by atoms with Gasteiger partial charge in [0.1, 0.15) is 24.3 Å². The van der Waals surface area contributed by atoms with Crippen molar-refractivity contribution in [3.63, 3.8) is 0 Å². The molecule has 0 radical (unpaired) electrons. The van der Waals surface area contributed by atoms with Gasteiger partial charge in [-0.05, 0) is 71.8 Å². The smallest absolute Gasteiger partial charge is 0.407 e. The van der Waals surface area contributed by atoms with E-state index in [0.717, 1.165) is 35.4 Å². The summed E-state index contributed by atoms with van der Waals surface area (Å²) in [6.45, 7) is 7.21. The van der Waals surface area contributed by atoms with Crippen molar-refractivity contribution >= 4 is 6.09 Å². The Morgan fingerprint density at radius 3 is 2.62 bits per heavy atom. The molecule has 2 saturated heterocycles. The van der Waals surface area contributed by atoms with Crippen LogP contribution >= 0.6 is 0 Å². The molecule has 0 aromatic heterocycles. The van der Waals surface area contributed by atoms with Crippen LogP contribution in [-0.4, -0.2) is 73.7 Å². The number of benzene rings is 3. The molecule has 6 rings (SSSR count). The summed E-state index contributed by atoms with van der Waals surface area (Å²) in [6, 6.07) is 19.0. The van der Waals surface area contributed by atoms with Gasteiger partial charge in [0.25, 0.3) is 0 Å². The summed E-state index contributed by atoms with van der Waals surface area (Å²) in [7, 11) is 0. The van der Waals surface area contributed by atoms with Crippen LogP contribution in [0, 0.1) is 17.7 Å². The Kier molecular flexibility index (Phi) is 10.8. The Bertz CT molecular complexity index is 1490. The van der Waals surface area contributed by atoms with Gasteiger partial charge < -0.3 is 38.8 Å². The molecular weight excluding hydrogens is 607 g/mol. The number of carbonyl (C=O) groups excluding carboxylic acids is 1. The van der Waals surface area contributed by atoms with Crippen molar-refractivity contribution in [1.29, 1.82) is 0 Å². The highest BCUT2D eigenvalue weighted by Crippen LogP contribution is 2.34. The first-order valence-electron chi connectivity index (χ1n) is 16.2. The second-order valence-corrected chi connectivity index (χ2v) is 12.8. The molecule has 0 spiro atoms. The Balaban J connectivity index is 1.13. The topological polar surface area (TPSA) is 108 Å². The van der Waals surface area contributed by atoms with Gasteiger partial charge >= 0.3 is 6.09 Å². The van der Waals surface area contributed by atoms with Gasteiger partial charge in [-0.25, -0.2) is 9.18 Å². The zero-order valence-corrected chi connectivity index (χ0v) is 26.8. The lowest BCUT2D eigenvalue weighted by molar-refractivity contribution is -0.0907. The summed E-state index contributed by atoms with van der Waals surface area (Å²) in [4.78, 5) is 15.4. The summed E-state index contributed by atoms with van der Waals surface area (Å²) in [6.07, 6.45) is -1.13. The number of amides is 1. The first-order chi connectivity index (χ1) is 22.8. The van der Waals surface area contributed by atoms with Gasteiger partial charge in [-0.3, -0.25) is 4.90 Å². The number of nitrogens with one attached hydrogen (secondary N) is 1. The summed E-state index contributed by atoms with van der Waals surface area (Å²) >= 11 is 0. The third kappa shape index (κ3) is 8.92. The summed E-state index contributed by atoms with van der Waals surface area (Å²) in [5, 5.41) is 14.6. The van der Waals surface area contributed by atoms with E-state index >= 15 is 0 Å². The number of nitrogens with zero attached hydrogens (tertiary/aromatic N) is 1. The van der Waals surface area contributed by atoms with Gasteiger partial charge in [0.15, 0.2) is 17.8 Å². The number of aliphatic hydroxyl groups excluding tert-OH is 1. The fourth-order valence-corrected chi connectivity index (χ4v) is 6.33. The van der Waals surface area contributed by atoms with Crippen molar-refractivity contribution in [3.05, 3.63) is 89.2 Å². The third-order valence-corrected chi connectivity index (χ3v) is 8.60.